The van der Waals surface area contributed by atoms with Crippen molar-refractivity contribution in [3.63, 3.8) is 0 Å². The van der Waals surface area contributed by atoms with E-state index in [-0.39, 0.29) is 13.0 Å². The summed E-state index contributed by atoms with van der Waals surface area (Å²) in [4.78, 5) is 10.4. The number of hydrogen-bond donors (Lipinski definition) is 2. The predicted octanol–water partition coefficient (Wildman–Crippen LogP) is -0.215. The molecule has 72 heavy (non-hydrogen) atoms. The molecule has 0 heterocycles. The lowest BCUT2D eigenvalue weighted by molar-refractivity contribution is -0.138. The monoisotopic (exact) mass is 1060 g/mol. The minimum absolute atomic E-state index is 0.00897. The highest BCUT2D eigenvalue weighted by atomic mass is 16.6. The Morgan fingerprint density at radius 3 is 0.389 bits per heavy atom. The van der Waals surface area contributed by atoms with Crippen molar-refractivity contribution in [2.45, 2.75) is 6.42 Å². The molecule has 0 bridgehead atoms. The van der Waals surface area contributed by atoms with Crippen molar-refractivity contribution in [2.75, 3.05) is 297 Å². The number of carboxylic acid groups (broad SMARTS) is 1. The average molecular weight is 1060 g/mol. The molecule has 0 aromatic rings. The van der Waals surface area contributed by atoms with Crippen molar-refractivity contribution in [1.29, 1.82) is 0 Å². The number of aliphatic carboxylic acids is 1. The highest BCUT2D eigenvalue weighted by Crippen LogP contribution is 1.91. The molecule has 0 aliphatic heterocycles. The van der Waals surface area contributed by atoms with Crippen molar-refractivity contribution in [1.82, 2.24) is 0 Å². The number of nitrogens with two attached hydrogens (primary N) is 1. The molecule has 0 radical (unpaired) electrons. The Bertz CT molecular complexity index is 988. The Morgan fingerprint density at radius 2 is 0.292 bits per heavy atom. The summed E-state index contributed by atoms with van der Waals surface area (Å²) in [5.74, 6) is -0.879. The molecule has 25 nitrogen and oxygen atoms in total. The molecule has 0 amide bonds. The van der Waals surface area contributed by atoms with Crippen LogP contribution in [-0.4, -0.2) is 308 Å². The van der Waals surface area contributed by atoms with E-state index in [0.29, 0.717) is 291 Å². The van der Waals surface area contributed by atoms with E-state index in [9.17, 15) is 4.79 Å². The van der Waals surface area contributed by atoms with Crippen LogP contribution in [0.1, 0.15) is 6.42 Å². The Morgan fingerprint density at radius 1 is 0.194 bits per heavy atom. The Kier molecular flexibility index (Phi) is 66.2. The second-order valence-corrected chi connectivity index (χ2v) is 14.4. The smallest absolute Gasteiger partial charge is 0.305 e. The second-order valence-electron chi connectivity index (χ2n) is 14.4. The fourth-order valence-corrected chi connectivity index (χ4v) is 4.96. The standard InChI is InChI=1S/C47H95NO24/c48-2-4-52-6-8-54-10-12-56-14-16-58-18-20-60-22-24-62-26-28-64-30-32-66-34-36-68-38-40-70-42-44-72-46-45-71-43-41-69-39-37-67-35-33-65-31-29-63-27-25-61-23-21-59-19-17-57-15-13-55-11-9-53-7-5-51-3-1-47(49)50/h1-46,48H2,(H,49,50). The lowest BCUT2D eigenvalue weighted by Crippen LogP contribution is -2.16. The third-order valence-electron chi connectivity index (χ3n) is 8.53. The minimum atomic E-state index is -0.879. The van der Waals surface area contributed by atoms with E-state index in [1.165, 1.54) is 0 Å². The van der Waals surface area contributed by atoms with E-state index in [1.807, 2.05) is 0 Å². The van der Waals surface area contributed by atoms with Gasteiger partial charge in [-0.15, -0.1) is 0 Å². The minimum Gasteiger partial charge on any atom is -0.481 e. The molecule has 432 valence electrons. The van der Waals surface area contributed by atoms with Crippen molar-refractivity contribution >= 4 is 5.97 Å². The van der Waals surface area contributed by atoms with Crippen LogP contribution in [-0.2, 0) is 109 Å². The molecule has 0 fully saturated rings. The Balaban J connectivity index is 3.07. The number of ether oxygens (including phenoxy) is 22. The zero-order valence-corrected chi connectivity index (χ0v) is 43.4. The number of rotatable bonds is 68. The van der Waals surface area contributed by atoms with E-state index in [2.05, 4.69) is 0 Å². The Hall–Kier alpha value is -1.45. The van der Waals surface area contributed by atoms with Gasteiger partial charge in [-0.25, -0.2) is 0 Å². The molecular formula is C47H95NO24. The summed E-state index contributed by atoms with van der Waals surface area (Å²) in [5.41, 5.74) is 5.34. The summed E-state index contributed by atoms with van der Waals surface area (Å²) in [7, 11) is 0. The topological polar surface area (TPSA) is 266 Å². The molecule has 0 saturated heterocycles. The van der Waals surface area contributed by atoms with Gasteiger partial charge in [0.05, 0.1) is 297 Å². The van der Waals surface area contributed by atoms with E-state index in [0.717, 1.165) is 0 Å². The lowest BCUT2D eigenvalue weighted by atomic mass is 10.5. The van der Waals surface area contributed by atoms with Gasteiger partial charge in [-0.2, -0.15) is 0 Å². The Labute approximate surface area is 428 Å². The van der Waals surface area contributed by atoms with Crippen LogP contribution in [0.2, 0.25) is 0 Å². The van der Waals surface area contributed by atoms with Crippen molar-refractivity contribution in [3.8, 4) is 0 Å². The quantitative estimate of drug-likeness (QED) is 0.0746. The van der Waals surface area contributed by atoms with Crippen LogP contribution in [0.4, 0.5) is 0 Å². The third kappa shape index (κ3) is 68.6. The van der Waals surface area contributed by atoms with Gasteiger partial charge >= 0.3 is 5.97 Å². The molecule has 0 aliphatic carbocycles. The van der Waals surface area contributed by atoms with E-state index < -0.39 is 5.97 Å². The van der Waals surface area contributed by atoms with Crippen LogP contribution >= 0.6 is 0 Å². The van der Waals surface area contributed by atoms with Gasteiger partial charge in [0.25, 0.3) is 0 Å². The maximum absolute atomic E-state index is 10.4. The van der Waals surface area contributed by atoms with Gasteiger partial charge < -0.3 is 115 Å². The summed E-state index contributed by atoms with van der Waals surface area (Å²) in [6, 6.07) is 0. The lowest BCUT2D eigenvalue weighted by Gasteiger charge is -2.09. The number of carboxylic acids is 1. The summed E-state index contributed by atoms with van der Waals surface area (Å²) in [5, 5.41) is 8.51. The van der Waals surface area contributed by atoms with E-state index in [1.54, 1.807) is 0 Å². The normalized spacial score (nSPS) is 11.7. The largest absolute Gasteiger partial charge is 0.481 e. The average Bonchev–Trinajstić information content (AvgIpc) is 3.38. The number of hydrogen-bond acceptors (Lipinski definition) is 24. The van der Waals surface area contributed by atoms with Gasteiger partial charge in [-0.3, -0.25) is 4.79 Å². The van der Waals surface area contributed by atoms with Crippen molar-refractivity contribution in [3.05, 3.63) is 0 Å². The molecule has 0 spiro atoms. The number of carbonyl (C=O) groups is 1. The highest BCUT2D eigenvalue weighted by Gasteiger charge is 2.00. The van der Waals surface area contributed by atoms with Crippen LogP contribution in [0.15, 0.2) is 0 Å². The van der Waals surface area contributed by atoms with Gasteiger partial charge in [0.2, 0.25) is 0 Å². The molecule has 0 saturated carbocycles. The van der Waals surface area contributed by atoms with Crippen LogP contribution in [0.25, 0.3) is 0 Å². The maximum Gasteiger partial charge on any atom is 0.305 e. The molecule has 3 N–H and O–H groups in total. The molecule has 0 unspecified atom stereocenters. The molecule has 0 aromatic heterocycles. The maximum atomic E-state index is 10.4. The van der Waals surface area contributed by atoms with Crippen LogP contribution in [0, 0.1) is 0 Å². The molecular weight excluding hydrogens is 962 g/mol. The van der Waals surface area contributed by atoms with Gasteiger partial charge in [0, 0.05) is 6.54 Å². The van der Waals surface area contributed by atoms with Gasteiger partial charge in [-0.05, 0) is 0 Å². The first-order chi connectivity index (χ1) is 35.8. The molecule has 0 rings (SSSR count). The SMILES string of the molecule is NCCOCCOCCOCCOCCOCCOCCOCCOCCOCCOCCOCCOCCOCCOCCOCCOCCOCCOCCOCCOCCOCCOCCC(=O)O. The van der Waals surface area contributed by atoms with Crippen LogP contribution in [0.5, 0.6) is 0 Å². The highest BCUT2D eigenvalue weighted by molar-refractivity contribution is 5.66. The first-order valence-electron chi connectivity index (χ1n) is 25.4. The summed E-state index contributed by atoms with van der Waals surface area (Å²) < 4.78 is 120. The first kappa shape index (κ1) is 70.5. The molecule has 0 aliphatic rings. The molecule has 0 aromatic carbocycles. The summed E-state index contributed by atoms with van der Waals surface area (Å²) in [6.45, 7) is 21.5. The molecule has 0 atom stereocenters. The zero-order chi connectivity index (χ0) is 51.7. The first-order valence-corrected chi connectivity index (χ1v) is 25.4. The van der Waals surface area contributed by atoms with Crippen LogP contribution in [0.3, 0.4) is 0 Å². The van der Waals surface area contributed by atoms with Gasteiger partial charge in [0.1, 0.15) is 0 Å². The van der Waals surface area contributed by atoms with Crippen molar-refractivity contribution in [2.24, 2.45) is 5.73 Å². The van der Waals surface area contributed by atoms with Crippen LogP contribution < -0.4 is 5.73 Å². The fourth-order valence-electron chi connectivity index (χ4n) is 4.96. The third-order valence-corrected chi connectivity index (χ3v) is 8.53. The fraction of sp³-hybridized carbons (Fsp3) is 0.979. The van der Waals surface area contributed by atoms with Crippen molar-refractivity contribution < 1.29 is 114 Å². The van der Waals surface area contributed by atoms with Gasteiger partial charge in [0.15, 0.2) is 0 Å². The van der Waals surface area contributed by atoms with E-state index in [4.69, 9.17) is 115 Å². The second kappa shape index (κ2) is 67.6. The van der Waals surface area contributed by atoms with E-state index >= 15 is 0 Å². The molecule has 25 heteroatoms. The summed E-state index contributed by atoms with van der Waals surface area (Å²) >= 11 is 0. The summed E-state index contributed by atoms with van der Waals surface area (Å²) in [6.07, 6.45) is -0.00897. The predicted molar refractivity (Wildman–Crippen MR) is 259 cm³/mol. The zero-order valence-electron chi connectivity index (χ0n) is 43.4. The van der Waals surface area contributed by atoms with Gasteiger partial charge in [-0.1, -0.05) is 0 Å².